The molecular weight excluding hydrogens is 417 g/mol. The van der Waals surface area contributed by atoms with Crippen molar-refractivity contribution in [3.8, 4) is 0 Å². The van der Waals surface area contributed by atoms with E-state index in [1.165, 1.54) is 41.7 Å². The molecule has 0 saturated carbocycles. The third-order valence-corrected chi connectivity index (χ3v) is 4.56. The first kappa shape index (κ1) is 19.9. The number of para-hydroxylation sites is 1. The third kappa shape index (κ3) is 4.70. The number of amides is 2. The maximum atomic E-state index is 12.3. The average Bonchev–Trinajstić information content (AvgIpc) is 3.18. The molecule has 11 heteroatoms. The Morgan fingerprint density at radius 2 is 2.04 bits per heavy atom. The lowest BCUT2D eigenvalue weighted by atomic mass is 10.1. The fourth-order valence-corrected chi connectivity index (χ4v) is 3.33. The quantitative estimate of drug-likeness (QED) is 0.603. The number of alkyl halides is 3. The number of rotatable bonds is 5. The van der Waals surface area contributed by atoms with Gasteiger partial charge in [0.2, 0.25) is 5.91 Å². The Labute approximate surface area is 165 Å². The maximum Gasteiger partial charge on any atom is 0.405 e. The van der Waals surface area contributed by atoms with Crippen LogP contribution in [0.4, 0.5) is 18.9 Å². The summed E-state index contributed by atoms with van der Waals surface area (Å²) in [6, 6.07) is 5.75. The molecule has 146 valence electrons. The second-order valence-corrected chi connectivity index (χ2v) is 6.74. The summed E-state index contributed by atoms with van der Waals surface area (Å²) in [5.74, 6) is -1.53. The molecule has 0 bridgehead atoms. The number of nitrogens with one attached hydrogen (secondary N) is 2. The van der Waals surface area contributed by atoms with E-state index in [4.69, 9.17) is 11.6 Å². The van der Waals surface area contributed by atoms with E-state index in [0.717, 1.165) is 0 Å². The van der Waals surface area contributed by atoms with Gasteiger partial charge >= 0.3 is 6.18 Å². The largest absolute Gasteiger partial charge is 0.405 e. The molecule has 0 unspecified atom stereocenters. The Morgan fingerprint density at radius 1 is 1.29 bits per heavy atom. The molecule has 1 aromatic carbocycles. The first-order valence-corrected chi connectivity index (χ1v) is 9.04. The van der Waals surface area contributed by atoms with Gasteiger partial charge in [0.05, 0.1) is 16.9 Å². The molecular formula is C17H12ClF3N4O2S. The molecule has 0 aliphatic carbocycles. The van der Waals surface area contributed by atoms with Crippen LogP contribution in [0.2, 0.25) is 5.15 Å². The molecule has 0 radical (unpaired) electrons. The van der Waals surface area contributed by atoms with Gasteiger partial charge in [-0.25, -0.2) is 4.98 Å². The second-order valence-electron chi connectivity index (χ2n) is 5.51. The lowest BCUT2D eigenvalue weighted by Crippen LogP contribution is -2.34. The Bertz CT molecular complexity index is 1060. The Balaban J connectivity index is 1.73. The minimum atomic E-state index is -4.53. The summed E-state index contributed by atoms with van der Waals surface area (Å²) in [7, 11) is 0. The van der Waals surface area contributed by atoms with Crippen LogP contribution in [0.15, 0.2) is 41.9 Å². The van der Waals surface area contributed by atoms with E-state index >= 15 is 0 Å². The van der Waals surface area contributed by atoms with E-state index in [1.54, 1.807) is 22.0 Å². The number of fused-ring (bicyclic) bond motifs is 1. The molecule has 2 N–H and O–H groups in total. The number of halogens is 4. The molecule has 0 atom stereocenters. The summed E-state index contributed by atoms with van der Waals surface area (Å²) < 4.78 is 38.6. The topological polar surface area (TPSA) is 75.5 Å². The van der Waals surface area contributed by atoms with Crippen molar-refractivity contribution in [2.75, 3.05) is 11.9 Å². The van der Waals surface area contributed by atoms with Crippen molar-refractivity contribution in [3.63, 3.8) is 0 Å². The molecule has 0 fully saturated rings. The number of anilines is 1. The standard InChI is InChI=1S/C17H12ClF3N4O2S/c18-14-12(25-7-8-28-16(25)24-14)5-6-13(26)23-11-4-2-1-3-10(11)15(27)22-9-17(19,20)21/h1-8H,9H2,(H,22,27)(H,23,26)/b6-5+. The van der Waals surface area contributed by atoms with Crippen molar-refractivity contribution in [2.45, 2.75) is 6.18 Å². The van der Waals surface area contributed by atoms with Crippen LogP contribution in [0.3, 0.4) is 0 Å². The van der Waals surface area contributed by atoms with Crippen molar-refractivity contribution < 1.29 is 22.8 Å². The van der Waals surface area contributed by atoms with Crippen LogP contribution in [-0.2, 0) is 4.79 Å². The van der Waals surface area contributed by atoms with Gasteiger partial charge in [0.15, 0.2) is 10.1 Å². The van der Waals surface area contributed by atoms with Crippen LogP contribution in [-0.4, -0.2) is 33.9 Å². The molecule has 3 rings (SSSR count). The maximum absolute atomic E-state index is 12.3. The summed E-state index contributed by atoms with van der Waals surface area (Å²) in [5.41, 5.74) is 0.497. The predicted molar refractivity (Wildman–Crippen MR) is 101 cm³/mol. The highest BCUT2D eigenvalue weighted by atomic mass is 35.5. The second kappa shape index (κ2) is 8.03. The third-order valence-electron chi connectivity index (χ3n) is 3.53. The fourth-order valence-electron chi connectivity index (χ4n) is 2.32. The molecule has 0 spiro atoms. The van der Waals surface area contributed by atoms with Crippen LogP contribution in [0.25, 0.3) is 11.0 Å². The van der Waals surface area contributed by atoms with Gasteiger partial charge in [0.25, 0.3) is 5.91 Å². The van der Waals surface area contributed by atoms with Crippen molar-refractivity contribution in [3.05, 3.63) is 58.3 Å². The number of thiazole rings is 1. The van der Waals surface area contributed by atoms with Gasteiger partial charge < -0.3 is 10.6 Å². The molecule has 0 aliphatic heterocycles. The number of carbonyl (C=O) groups is 2. The number of imidazole rings is 1. The molecule has 2 amide bonds. The van der Waals surface area contributed by atoms with Gasteiger partial charge in [0.1, 0.15) is 6.54 Å². The number of hydrogen-bond acceptors (Lipinski definition) is 4. The number of carbonyl (C=O) groups excluding carboxylic acids is 2. The molecule has 2 heterocycles. The molecule has 0 aliphatic rings. The first-order chi connectivity index (χ1) is 13.2. The van der Waals surface area contributed by atoms with Crippen LogP contribution in [0.1, 0.15) is 16.1 Å². The van der Waals surface area contributed by atoms with E-state index in [2.05, 4.69) is 10.3 Å². The zero-order valence-electron chi connectivity index (χ0n) is 14.0. The number of benzene rings is 1. The monoisotopic (exact) mass is 428 g/mol. The highest BCUT2D eigenvalue weighted by Crippen LogP contribution is 2.22. The zero-order valence-corrected chi connectivity index (χ0v) is 15.5. The Morgan fingerprint density at radius 3 is 2.79 bits per heavy atom. The van der Waals surface area contributed by atoms with Gasteiger partial charge in [-0.2, -0.15) is 13.2 Å². The SMILES string of the molecule is O=C(/C=C/c1c(Cl)nc2sccn12)Nc1ccccc1C(=O)NCC(F)(F)F. The van der Waals surface area contributed by atoms with Crippen LogP contribution < -0.4 is 10.6 Å². The smallest absolute Gasteiger partial charge is 0.343 e. The minimum Gasteiger partial charge on any atom is -0.343 e. The van der Waals surface area contributed by atoms with E-state index in [1.807, 2.05) is 5.38 Å². The lowest BCUT2D eigenvalue weighted by molar-refractivity contribution is -0.123. The van der Waals surface area contributed by atoms with Crippen LogP contribution >= 0.6 is 22.9 Å². The lowest BCUT2D eigenvalue weighted by Gasteiger charge is -2.11. The van der Waals surface area contributed by atoms with E-state index in [-0.39, 0.29) is 16.4 Å². The Hall–Kier alpha value is -2.85. The highest BCUT2D eigenvalue weighted by molar-refractivity contribution is 7.15. The van der Waals surface area contributed by atoms with Gasteiger partial charge in [-0.15, -0.1) is 11.3 Å². The fraction of sp³-hybridized carbons (Fsp3) is 0.118. The van der Waals surface area contributed by atoms with Crippen molar-refractivity contribution in [2.24, 2.45) is 0 Å². The normalized spacial score (nSPS) is 11.9. The van der Waals surface area contributed by atoms with Crippen molar-refractivity contribution in [1.82, 2.24) is 14.7 Å². The predicted octanol–water partition coefficient (Wildman–Crippen LogP) is 3.99. The summed E-state index contributed by atoms with van der Waals surface area (Å²) in [6.07, 6.45) is -0.140. The summed E-state index contributed by atoms with van der Waals surface area (Å²) in [4.78, 5) is 29.0. The summed E-state index contributed by atoms with van der Waals surface area (Å²) in [6.45, 7) is -1.47. The van der Waals surface area contributed by atoms with Crippen molar-refractivity contribution >= 4 is 51.5 Å². The van der Waals surface area contributed by atoms with E-state index in [0.29, 0.717) is 10.7 Å². The summed E-state index contributed by atoms with van der Waals surface area (Å²) >= 11 is 7.42. The number of aromatic nitrogens is 2. The van der Waals surface area contributed by atoms with Gasteiger partial charge in [-0.05, 0) is 18.2 Å². The minimum absolute atomic E-state index is 0.0804. The number of nitrogens with zero attached hydrogens (tertiary/aromatic N) is 2. The highest BCUT2D eigenvalue weighted by Gasteiger charge is 2.28. The molecule has 6 nitrogen and oxygen atoms in total. The molecule has 2 aromatic heterocycles. The first-order valence-electron chi connectivity index (χ1n) is 7.79. The van der Waals surface area contributed by atoms with E-state index in [9.17, 15) is 22.8 Å². The Kier molecular flexibility index (Phi) is 5.71. The number of hydrogen-bond donors (Lipinski definition) is 2. The van der Waals surface area contributed by atoms with Crippen LogP contribution in [0, 0.1) is 0 Å². The zero-order chi connectivity index (χ0) is 20.3. The van der Waals surface area contributed by atoms with Crippen molar-refractivity contribution in [1.29, 1.82) is 0 Å². The van der Waals surface area contributed by atoms with Crippen LogP contribution in [0.5, 0.6) is 0 Å². The molecule has 28 heavy (non-hydrogen) atoms. The van der Waals surface area contributed by atoms with Gasteiger partial charge in [0, 0.05) is 17.7 Å². The van der Waals surface area contributed by atoms with Gasteiger partial charge in [-0.1, -0.05) is 23.7 Å². The average molecular weight is 429 g/mol. The van der Waals surface area contributed by atoms with Gasteiger partial charge in [-0.3, -0.25) is 14.0 Å². The van der Waals surface area contributed by atoms with E-state index < -0.39 is 24.5 Å². The molecule has 3 aromatic rings. The summed E-state index contributed by atoms with van der Waals surface area (Å²) in [5, 5.41) is 6.28. The molecule has 0 saturated heterocycles.